The van der Waals surface area contributed by atoms with Gasteiger partial charge < -0.3 is 0 Å². The Balaban J connectivity index is 2.09. The van der Waals surface area contributed by atoms with Crippen molar-refractivity contribution in [2.75, 3.05) is 0 Å². The van der Waals surface area contributed by atoms with E-state index in [1.54, 1.807) is 42.6 Å². The van der Waals surface area contributed by atoms with Crippen molar-refractivity contribution < 1.29 is 9.59 Å². The second-order valence-electron chi connectivity index (χ2n) is 4.56. The number of ketones is 2. The minimum Gasteiger partial charge on any atom is -0.289 e. The normalized spacial score (nSPS) is 13.5. The summed E-state index contributed by atoms with van der Waals surface area (Å²) in [6, 6.07) is 10.3. The Kier molecular flexibility index (Phi) is 1.82. The molecule has 0 saturated carbocycles. The van der Waals surface area contributed by atoms with Gasteiger partial charge in [-0.05, 0) is 12.1 Å². The molecule has 0 bridgehead atoms. The van der Waals surface area contributed by atoms with Gasteiger partial charge in [0.1, 0.15) is 0 Å². The van der Waals surface area contributed by atoms with E-state index in [4.69, 9.17) is 0 Å². The molecular weight excluding hydrogens is 240 g/mol. The molecule has 1 N–H and O–H groups in total. The van der Waals surface area contributed by atoms with Crippen LogP contribution in [0.5, 0.6) is 0 Å². The third-order valence-electron chi connectivity index (χ3n) is 3.48. The van der Waals surface area contributed by atoms with Crippen molar-refractivity contribution in [2.45, 2.75) is 0 Å². The summed E-state index contributed by atoms with van der Waals surface area (Å²) in [6.45, 7) is 0. The third-order valence-corrected chi connectivity index (χ3v) is 3.48. The van der Waals surface area contributed by atoms with Crippen molar-refractivity contribution in [2.24, 2.45) is 0 Å². The topological polar surface area (TPSA) is 62.8 Å². The maximum atomic E-state index is 12.4. The molecule has 0 spiro atoms. The number of aromatic nitrogens is 2. The maximum absolute atomic E-state index is 12.4. The molecule has 1 aliphatic rings. The molecule has 4 nitrogen and oxygen atoms in total. The molecule has 0 amide bonds. The number of nitrogens with one attached hydrogen (secondary N) is 1. The SMILES string of the molecule is O=C1c2ccccc2C(=O)c2cc3[nH]ncc3cc21. The molecule has 1 heterocycles. The van der Waals surface area contributed by atoms with Gasteiger partial charge in [0, 0.05) is 27.6 Å². The first-order chi connectivity index (χ1) is 9.25. The van der Waals surface area contributed by atoms with Gasteiger partial charge in [-0.3, -0.25) is 14.7 Å². The standard InChI is InChI=1S/C15H8N2O2/c18-14-9-3-1-2-4-10(9)15(19)12-6-13-8(5-11(12)14)7-16-17-13/h1-7H,(H,16,17). The Bertz CT molecular complexity index is 792. The zero-order chi connectivity index (χ0) is 13.0. The molecule has 1 aliphatic carbocycles. The van der Waals surface area contributed by atoms with Gasteiger partial charge in [0.05, 0.1) is 11.7 Å². The Labute approximate surface area is 108 Å². The molecule has 0 aliphatic heterocycles. The van der Waals surface area contributed by atoms with Crippen molar-refractivity contribution in [3.05, 3.63) is 64.8 Å². The molecule has 2 aromatic carbocycles. The minimum atomic E-state index is -0.110. The molecule has 0 unspecified atom stereocenters. The first-order valence-corrected chi connectivity index (χ1v) is 5.91. The molecule has 4 rings (SSSR count). The van der Waals surface area contributed by atoms with Crippen LogP contribution in [0, 0.1) is 0 Å². The van der Waals surface area contributed by atoms with Gasteiger partial charge in [-0.15, -0.1) is 0 Å². The number of fused-ring (bicyclic) bond motifs is 3. The molecule has 19 heavy (non-hydrogen) atoms. The molecule has 4 heteroatoms. The van der Waals surface area contributed by atoms with Gasteiger partial charge in [-0.25, -0.2) is 0 Å². The van der Waals surface area contributed by atoms with Crippen molar-refractivity contribution in [1.29, 1.82) is 0 Å². The van der Waals surface area contributed by atoms with E-state index < -0.39 is 0 Å². The number of hydrogen-bond donors (Lipinski definition) is 1. The summed E-state index contributed by atoms with van der Waals surface area (Å²) in [5.74, 6) is -0.213. The van der Waals surface area contributed by atoms with Gasteiger partial charge in [0.25, 0.3) is 0 Å². The van der Waals surface area contributed by atoms with Crippen LogP contribution in [-0.4, -0.2) is 21.8 Å². The number of nitrogens with zero attached hydrogens (tertiary/aromatic N) is 1. The van der Waals surface area contributed by atoms with Crippen LogP contribution >= 0.6 is 0 Å². The Morgan fingerprint density at radius 3 is 2.16 bits per heavy atom. The first-order valence-electron chi connectivity index (χ1n) is 5.91. The monoisotopic (exact) mass is 248 g/mol. The smallest absolute Gasteiger partial charge is 0.194 e. The summed E-state index contributed by atoms with van der Waals surface area (Å²) < 4.78 is 0. The first kappa shape index (κ1) is 10.2. The van der Waals surface area contributed by atoms with Crippen molar-refractivity contribution in [1.82, 2.24) is 10.2 Å². The van der Waals surface area contributed by atoms with E-state index in [9.17, 15) is 9.59 Å². The van der Waals surface area contributed by atoms with Crippen molar-refractivity contribution in [3.8, 4) is 0 Å². The fourth-order valence-electron chi connectivity index (χ4n) is 2.54. The molecule has 0 fully saturated rings. The van der Waals surface area contributed by atoms with E-state index in [0.717, 1.165) is 10.9 Å². The Hall–Kier alpha value is -2.75. The lowest BCUT2D eigenvalue weighted by atomic mass is 9.83. The highest BCUT2D eigenvalue weighted by molar-refractivity contribution is 6.29. The fraction of sp³-hybridized carbons (Fsp3) is 0. The molecular formula is C15H8N2O2. The van der Waals surface area contributed by atoms with Crippen LogP contribution in [0.25, 0.3) is 10.9 Å². The lowest BCUT2D eigenvalue weighted by Gasteiger charge is -2.17. The van der Waals surface area contributed by atoms with E-state index in [-0.39, 0.29) is 11.6 Å². The molecule has 0 saturated heterocycles. The van der Waals surface area contributed by atoms with Crippen LogP contribution in [0.1, 0.15) is 31.8 Å². The van der Waals surface area contributed by atoms with Crippen LogP contribution in [0.15, 0.2) is 42.6 Å². The molecule has 3 aromatic rings. The average molecular weight is 248 g/mol. The summed E-state index contributed by atoms with van der Waals surface area (Å²) in [6.07, 6.45) is 1.65. The summed E-state index contributed by atoms with van der Waals surface area (Å²) >= 11 is 0. The number of rotatable bonds is 0. The Morgan fingerprint density at radius 1 is 0.842 bits per heavy atom. The molecule has 1 aromatic heterocycles. The lowest BCUT2D eigenvalue weighted by molar-refractivity contribution is 0.0979. The zero-order valence-corrected chi connectivity index (χ0v) is 9.81. The maximum Gasteiger partial charge on any atom is 0.194 e. The van der Waals surface area contributed by atoms with Gasteiger partial charge >= 0.3 is 0 Å². The van der Waals surface area contributed by atoms with Crippen LogP contribution in [-0.2, 0) is 0 Å². The summed E-state index contributed by atoms with van der Waals surface area (Å²) in [7, 11) is 0. The van der Waals surface area contributed by atoms with Gasteiger partial charge in [0.2, 0.25) is 0 Å². The highest BCUT2D eigenvalue weighted by Gasteiger charge is 2.29. The fourth-order valence-corrected chi connectivity index (χ4v) is 2.54. The van der Waals surface area contributed by atoms with Gasteiger partial charge in [0.15, 0.2) is 11.6 Å². The second-order valence-corrected chi connectivity index (χ2v) is 4.56. The zero-order valence-electron chi connectivity index (χ0n) is 9.81. The van der Waals surface area contributed by atoms with E-state index in [1.807, 2.05) is 0 Å². The highest BCUT2D eigenvalue weighted by Crippen LogP contribution is 2.29. The summed E-state index contributed by atoms with van der Waals surface area (Å²) in [5.41, 5.74) is 2.61. The van der Waals surface area contributed by atoms with E-state index in [1.165, 1.54) is 0 Å². The molecule has 0 atom stereocenters. The van der Waals surface area contributed by atoms with E-state index in [0.29, 0.717) is 22.3 Å². The number of hydrogen-bond acceptors (Lipinski definition) is 3. The molecule has 90 valence electrons. The van der Waals surface area contributed by atoms with Crippen LogP contribution < -0.4 is 0 Å². The van der Waals surface area contributed by atoms with E-state index >= 15 is 0 Å². The van der Waals surface area contributed by atoms with Crippen LogP contribution in [0.3, 0.4) is 0 Å². The average Bonchev–Trinajstić information content (AvgIpc) is 2.90. The summed E-state index contributed by atoms with van der Waals surface area (Å²) in [5, 5.41) is 7.57. The Morgan fingerprint density at radius 2 is 1.47 bits per heavy atom. The lowest BCUT2D eigenvalue weighted by Crippen LogP contribution is -2.20. The highest BCUT2D eigenvalue weighted by atomic mass is 16.1. The number of carbonyl (C=O) groups excluding carboxylic acids is 2. The predicted octanol–water partition coefficient (Wildman–Crippen LogP) is 2.34. The number of benzene rings is 2. The van der Waals surface area contributed by atoms with Gasteiger partial charge in [-0.2, -0.15) is 5.10 Å². The van der Waals surface area contributed by atoms with Crippen molar-refractivity contribution in [3.63, 3.8) is 0 Å². The second kappa shape index (κ2) is 3.38. The number of aromatic amines is 1. The number of H-pyrrole nitrogens is 1. The quantitative estimate of drug-likeness (QED) is 0.519. The predicted molar refractivity (Wildman–Crippen MR) is 69.4 cm³/mol. The van der Waals surface area contributed by atoms with Crippen molar-refractivity contribution >= 4 is 22.5 Å². The van der Waals surface area contributed by atoms with Gasteiger partial charge in [-0.1, -0.05) is 24.3 Å². The largest absolute Gasteiger partial charge is 0.289 e. The summed E-state index contributed by atoms with van der Waals surface area (Å²) in [4.78, 5) is 24.9. The molecule has 0 radical (unpaired) electrons. The third kappa shape index (κ3) is 1.25. The van der Waals surface area contributed by atoms with Crippen LogP contribution in [0.4, 0.5) is 0 Å². The minimum absolute atomic E-state index is 0.103. The number of carbonyl (C=O) groups is 2. The van der Waals surface area contributed by atoms with Crippen LogP contribution in [0.2, 0.25) is 0 Å². The van der Waals surface area contributed by atoms with E-state index in [2.05, 4.69) is 10.2 Å².